The lowest BCUT2D eigenvalue weighted by Crippen LogP contribution is -2.01. The molecule has 0 atom stereocenters. The maximum absolute atomic E-state index is 9.01. The molecule has 0 aliphatic carbocycles. The van der Waals surface area contributed by atoms with Crippen LogP contribution in [0.3, 0.4) is 0 Å². The Bertz CT molecular complexity index is 1430. The zero-order valence-electron chi connectivity index (χ0n) is 15.2. The van der Waals surface area contributed by atoms with Gasteiger partial charge in [-0.25, -0.2) is 9.97 Å². The summed E-state index contributed by atoms with van der Waals surface area (Å²) in [5.41, 5.74) is 3.79. The molecule has 0 spiro atoms. The van der Waals surface area contributed by atoms with E-state index in [9.17, 15) is 0 Å². The largest absolute Gasteiger partial charge is 0.296 e. The predicted octanol–water partition coefficient (Wildman–Crippen LogP) is 4.82. The number of hydrogen-bond acceptors (Lipinski definition) is 5. The molecule has 5 rings (SSSR count). The zero-order chi connectivity index (χ0) is 20.7. The van der Waals surface area contributed by atoms with Crippen molar-refractivity contribution in [3.8, 4) is 34.5 Å². The number of halogens is 2. The minimum absolute atomic E-state index is 0.328. The highest BCUT2D eigenvalue weighted by molar-refractivity contribution is 6.35. The summed E-state index contributed by atoms with van der Waals surface area (Å²) in [7, 11) is 0. The number of pyridine rings is 2. The Morgan fingerprint density at radius 3 is 2.73 bits per heavy atom. The number of nitrogens with zero attached hydrogens (tertiary/aromatic N) is 7. The fraction of sp³-hybridized carbons (Fsp3) is 0. The molecule has 9 heteroatoms. The van der Waals surface area contributed by atoms with Gasteiger partial charge in [0.1, 0.15) is 35.1 Å². The van der Waals surface area contributed by atoms with Gasteiger partial charge in [0.2, 0.25) is 0 Å². The topological polar surface area (TPSA) is 84.7 Å². The van der Waals surface area contributed by atoms with Gasteiger partial charge in [-0.05, 0) is 42.5 Å². The molecule has 0 N–H and O–H groups in total. The standard InChI is InChI=1S/C21H11Cl2N7/c22-13-4-7-17(23)16(9-13)19-20(29-8-2-1-3-18(29)27-19)21-28-26-12-30(21)15-6-5-14(10-24)25-11-15/h1-9,11-12H. The van der Waals surface area contributed by atoms with Gasteiger partial charge in [0.25, 0.3) is 0 Å². The molecule has 0 saturated heterocycles. The number of aromatic nitrogens is 6. The number of imidazole rings is 1. The molecule has 1 aromatic carbocycles. The minimum atomic E-state index is 0.328. The first-order valence-corrected chi connectivity index (χ1v) is 9.61. The van der Waals surface area contributed by atoms with E-state index in [1.807, 2.05) is 34.9 Å². The average molecular weight is 432 g/mol. The molecule has 0 fully saturated rings. The Labute approximate surface area is 180 Å². The van der Waals surface area contributed by atoms with Gasteiger partial charge in [-0.3, -0.25) is 8.97 Å². The monoisotopic (exact) mass is 431 g/mol. The highest BCUT2D eigenvalue weighted by atomic mass is 35.5. The van der Waals surface area contributed by atoms with Gasteiger partial charge in [0.05, 0.1) is 16.9 Å². The number of benzene rings is 1. The molecular formula is C21H11Cl2N7. The predicted molar refractivity (Wildman–Crippen MR) is 114 cm³/mol. The van der Waals surface area contributed by atoms with Crippen LogP contribution >= 0.6 is 23.2 Å². The van der Waals surface area contributed by atoms with E-state index in [2.05, 4.69) is 15.2 Å². The molecule has 4 heterocycles. The van der Waals surface area contributed by atoms with Crippen molar-refractivity contribution in [1.29, 1.82) is 5.26 Å². The van der Waals surface area contributed by atoms with Crippen LogP contribution in [0.5, 0.6) is 0 Å². The summed E-state index contributed by atoms with van der Waals surface area (Å²) in [6, 6.07) is 16.4. The SMILES string of the molecule is N#Cc1ccc(-n2cnnc2-c2c(-c3cc(Cl)ccc3Cl)nc3ccccn23)cn1. The zero-order valence-corrected chi connectivity index (χ0v) is 16.7. The van der Waals surface area contributed by atoms with Crippen molar-refractivity contribution >= 4 is 28.8 Å². The second-order valence-electron chi connectivity index (χ2n) is 6.40. The van der Waals surface area contributed by atoms with E-state index in [0.29, 0.717) is 44.2 Å². The fourth-order valence-corrected chi connectivity index (χ4v) is 3.64. The van der Waals surface area contributed by atoms with Gasteiger partial charge >= 0.3 is 0 Å². The Kier molecular flexibility index (Phi) is 4.43. The Morgan fingerprint density at radius 1 is 1.03 bits per heavy atom. The van der Waals surface area contributed by atoms with E-state index in [0.717, 1.165) is 5.65 Å². The first kappa shape index (κ1) is 18.3. The smallest absolute Gasteiger partial charge is 0.187 e. The van der Waals surface area contributed by atoms with Crippen molar-refractivity contribution < 1.29 is 0 Å². The van der Waals surface area contributed by atoms with Gasteiger partial charge in [-0.2, -0.15) is 5.26 Å². The molecule has 7 nitrogen and oxygen atoms in total. The van der Waals surface area contributed by atoms with E-state index in [-0.39, 0.29) is 0 Å². The van der Waals surface area contributed by atoms with Crippen LogP contribution in [-0.2, 0) is 0 Å². The summed E-state index contributed by atoms with van der Waals surface area (Å²) < 4.78 is 3.71. The summed E-state index contributed by atoms with van der Waals surface area (Å²) in [6.45, 7) is 0. The third-order valence-electron chi connectivity index (χ3n) is 4.61. The summed E-state index contributed by atoms with van der Waals surface area (Å²) in [4.78, 5) is 8.93. The van der Waals surface area contributed by atoms with Crippen molar-refractivity contribution in [2.75, 3.05) is 0 Å². The van der Waals surface area contributed by atoms with Crippen LogP contribution in [0.2, 0.25) is 10.0 Å². The molecule has 0 aliphatic rings. The van der Waals surface area contributed by atoms with Crippen LogP contribution in [0.1, 0.15) is 5.69 Å². The van der Waals surface area contributed by atoms with Crippen molar-refractivity contribution in [2.45, 2.75) is 0 Å². The lowest BCUT2D eigenvalue weighted by Gasteiger charge is -2.09. The lowest BCUT2D eigenvalue weighted by atomic mass is 10.1. The maximum Gasteiger partial charge on any atom is 0.187 e. The number of rotatable bonds is 3. The normalized spacial score (nSPS) is 11.0. The van der Waals surface area contributed by atoms with Gasteiger partial charge < -0.3 is 0 Å². The van der Waals surface area contributed by atoms with Crippen LogP contribution in [0.4, 0.5) is 0 Å². The van der Waals surface area contributed by atoms with Gasteiger partial charge in [0, 0.05) is 16.8 Å². The number of fused-ring (bicyclic) bond motifs is 1. The third kappa shape index (κ3) is 2.99. The second kappa shape index (κ2) is 7.26. The molecular weight excluding hydrogens is 421 g/mol. The highest BCUT2D eigenvalue weighted by Crippen LogP contribution is 2.37. The molecule has 0 amide bonds. The number of hydrogen-bond donors (Lipinski definition) is 0. The number of nitriles is 1. The van der Waals surface area contributed by atoms with Crippen molar-refractivity contribution in [1.82, 2.24) is 29.1 Å². The van der Waals surface area contributed by atoms with Gasteiger partial charge in [-0.1, -0.05) is 29.3 Å². The maximum atomic E-state index is 9.01. The molecule has 0 saturated carbocycles. The Balaban J connectivity index is 1.79. The second-order valence-corrected chi connectivity index (χ2v) is 7.24. The molecule has 0 aliphatic heterocycles. The van der Waals surface area contributed by atoms with E-state index >= 15 is 0 Å². The van der Waals surface area contributed by atoms with E-state index in [1.54, 1.807) is 47.4 Å². The molecule has 0 radical (unpaired) electrons. The first-order valence-electron chi connectivity index (χ1n) is 8.85. The van der Waals surface area contributed by atoms with Crippen molar-refractivity contribution in [3.63, 3.8) is 0 Å². The van der Waals surface area contributed by atoms with Gasteiger partial charge in [-0.15, -0.1) is 10.2 Å². The van der Waals surface area contributed by atoms with Crippen molar-refractivity contribution in [3.05, 3.63) is 83.0 Å². The average Bonchev–Trinajstić information content (AvgIpc) is 3.39. The molecule has 0 unspecified atom stereocenters. The minimum Gasteiger partial charge on any atom is -0.296 e. The molecule has 144 valence electrons. The molecule has 4 aromatic heterocycles. The quantitative estimate of drug-likeness (QED) is 0.408. The van der Waals surface area contributed by atoms with Crippen molar-refractivity contribution in [2.24, 2.45) is 0 Å². The summed E-state index contributed by atoms with van der Waals surface area (Å²) in [5, 5.41) is 18.5. The molecule has 5 aromatic rings. The summed E-state index contributed by atoms with van der Waals surface area (Å²) in [6.07, 6.45) is 5.08. The van der Waals surface area contributed by atoms with Gasteiger partial charge in [0.15, 0.2) is 5.82 Å². The molecule has 30 heavy (non-hydrogen) atoms. The third-order valence-corrected chi connectivity index (χ3v) is 5.18. The highest BCUT2D eigenvalue weighted by Gasteiger charge is 2.22. The first-order chi connectivity index (χ1) is 14.7. The molecule has 0 bridgehead atoms. The Morgan fingerprint density at radius 2 is 1.93 bits per heavy atom. The van der Waals surface area contributed by atoms with E-state index in [1.165, 1.54) is 0 Å². The van der Waals surface area contributed by atoms with Crippen LogP contribution in [-0.4, -0.2) is 29.1 Å². The van der Waals surface area contributed by atoms with Crippen LogP contribution < -0.4 is 0 Å². The summed E-state index contributed by atoms with van der Waals surface area (Å²) in [5.74, 6) is 0.547. The lowest BCUT2D eigenvalue weighted by molar-refractivity contribution is 1.02. The van der Waals surface area contributed by atoms with Crippen LogP contribution in [0.25, 0.3) is 34.1 Å². The summed E-state index contributed by atoms with van der Waals surface area (Å²) >= 11 is 12.7. The van der Waals surface area contributed by atoms with E-state index < -0.39 is 0 Å². The fourth-order valence-electron chi connectivity index (χ4n) is 3.26. The Hall–Kier alpha value is -3.73. The van der Waals surface area contributed by atoms with Crippen LogP contribution in [0, 0.1) is 11.3 Å². The van der Waals surface area contributed by atoms with E-state index in [4.69, 9.17) is 33.4 Å². The van der Waals surface area contributed by atoms with Crippen LogP contribution in [0.15, 0.2) is 67.3 Å².